The molecule has 0 radical (unpaired) electrons. The van der Waals surface area contributed by atoms with Gasteiger partial charge in [0.05, 0.1) is 0 Å². The smallest absolute Gasteiger partial charge is 0.0415 e. The van der Waals surface area contributed by atoms with Gasteiger partial charge in [0.2, 0.25) is 0 Å². The van der Waals surface area contributed by atoms with E-state index in [-0.39, 0.29) is 6.04 Å². The molecule has 0 saturated heterocycles. The molecular formula is C13H17BrN2. The van der Waals surface area contributed by atoms with E-state index in [9.17, 15) is 0 Å². The number of anilines is 1. The molecule has 2 aliphatic rings. The molecule has 2 N–H and O–H groups in total. The molecule has 1 aliphatic heterocycles. The predicted molar refractivity (Wildman–Crippen MR) is 70.6 cm³/mol. The normalized spacial score (nSPS) is 32.4. The molecule has 2 nitrogen and oxygen atoms in total. The number of halogens is 1. The van der Waals surface area contributed by atoms with Gasteiger partial charge in [-0.25, -0.2) is 0 Å². The van der Waals surface area contributed by atoms with Crippen molar-refractivity contribution in [2.75, 3.05) is 11.9 Å². The third-order valence-corrected chi connectivity index (χ3v) is 4.71. The van der Waals surface area contributed by atoms with Crippen molar-refractivity contribution in [1.29, 1.82) is 0 Å². The summed E-state index contributed by atoms with van der Waals surface area (Å²) in [6.45, 7) is 0. The maximum absolute atomic E-state index is 6.42. The van der Waals surface area contributed by atoms with Crippen LogP contribution in [0.5, 0.6) is 0 Å². The van der Waals surface area contributed by atoms with Crippen molar-refractivity contribution in [2.24, 2.45) is 11.7 Å². The molecule has 3 atom stereocenters. The Balaban J connectivity index is 2.11. The van der Waals surface area contributed by atoms with E-state index < -0.39 is 0 Å². The van der Waals surface area contributed by atoms with E-state index in [1.54, 1.807) is 0 Å². The Kier molecular flexibility index (Phi) is 2.48. The van der Waals surface area contributed by atoms with E-state index in [1.807, 2.05) is 0 Å². The first kappa shape index (κ1) is 10.6. The molecule has 1 saturated carbocycles. The summed E-state index contributed by atoms with van der Waals surface area (Å²) in [5.41, 5.74) is 9.04. The third kappa shape index (κ3) is 1.41. The number of hydrogen-bond donors (Lipinski definition) is 1. The molecule has 86 valence electrons. The molecule has 0 spiro atoms. The fraction of sp³-hybridized carbons (Fsp3) is 0.538. The number of rotatable bonds is 0. The van der Waals surface area contributed by atoms with Crippen LogP contribution in [0.4, 0.5) is 5.69 Å². The van der Waals surface area contributed by atoms with Crippen LogP contribution in [0.3, 0.4) is 0 Å². The summed E-state index contributed by atoms with van der Waals surface area (Å²) in [4.78, 5) is 2.43. The van der Waals surface area contributed by atoms with Crippen molar-refractivity contribution >= 4 is 21.6 Å². The largest absolute Gasteiger partial charge is 0.371 e. The average Bonchev–Trinajstić information content (AvgIpc) is 2.75. The van der Waals surface area contributed by atoms with Crippen LogP contribution < -0.4 is 10.6 Å². The zero-order chi connectivity index (χ0) is 11.3. The van der Waals surface area contributed by atoms with E-state index in [4.69, 9.17) is 5.73 Å². The van der Waals surface area contributed by atoms with Crippen molar-refractivity contribution in [1.82, 2.24) is 0 Å². The van der Waals surface area contributed by atoms with Gasteiger partial charge in [-0.3, -0.25) is 0 Å². The van der Waals surface area contributed by atoms with Crippen LogP contribution >= 0.6 is 15.9 Å². The minimum absolute atomic E-state index is 0.219. The van der Waals surface area contributed by atoms with Gasteiger partial charge in [0.25, 0.3) is 0 Å². The summed E-state index contributed by atoms with van der Waals surface area (Å²) >= 11 is 3.54. The van der Waals surface area contributed by atoms with Gasteiger partial charge in [-0.1, -0.05) is 22.4 Å². The molecule has 0 bridgehead atoms. The fourth-order valence-electron chi connectivity index (χ4n) is 3.39. The van der Waals surface area contributed by atoms with Gasteiger partial charge >= 0.3 is 0 Å². The first-order valence-electron chi connectivity index (χ1n) is 5.96. The molecule has 3 unspecified atom stereocenters. The van der Waals surface area contributed by atoms with Crippen molar-refractivity contribution in [3.63, 3.8) is 0 Å². The molecule has 1 aromatic carbocycles. The molecule has 3 rings (SSSR count). The molecule has 1 aromatic rings. The highest BCUT2D eigenvalue weighted by molar-refractivity contribution is 9.10. The Morgan fingerprint density at radius 3 is 3.00 bits per heavy atom. The number of fused-ring (bicyclic) bond motifs is 2. The zero-order valence-corrected chi connectivity index (χ0v) is 11.1. The van der Waals surface area contributed by atoms with Gasteiger partial charge < -0.3 is 10.6 Å². The molecule has 1 aliphatic carbocycles. The Morgan fingerprint density at radius 1 is 1.38 bits per heavy atom. The lowest BCUT2D eigenvalue weighted by molar-refractivity contribution is 0.370. The first-order valence-corrected chi connectivity index (χ1v) is 6.75. The summed E-state index contributed by atoms with van der Waals surface area (Å²) in [7, 11) is 2.21. The number of nitrogens with two attached hydrogens (primary N) is 1. The van der Waals surface area contributed by atoms with Crippen LogP contribution in [0.1, 0.15) is 30.9 Å². The van der Waals surface area contributed by atoms with Crippen LogP contribution in [0.25, 0.3) is 0 Å². The van der Waals surface area contributed by atoms with E-state index in [0.717, 1.165) is 4.47 Å². The highest BCUT2D eigenvalue weighted by Gasteiger charge is 2.40. The topological polar surface area (TPSA) is 29.3 Å². The monoisotopic (exact) mass is 280 g/mol. The highest BCUT2D eigenvalue weighted by Crippen LogP contribution is 2.46. The highest BCUT2D eigenvalue weighted by atomic mass is 79.9. The molecular weight excluding hydrogens is 264 g/mol. The van der Waals surface area contributed by atoms with E-state index in [0.29, 0.717) is 12.0 Å². The van der Waals surface area contributed by atoms with Crippen LogP contribution in [-0.2, 0) is 0 Å². The summed E-state index contributed by atoms with van der Waals surface area (Å²) in [5, 5.41) is 0. The van der Waals surface area contributed by atoms with Gasteiger partial charge in [-0.05, 0) is 42.5 Å². The molecule has 0 aromatic heterocycles. The second-order valence-corrected chi connectivity index (χ2v) is 5.92. The minimum atomic E-state index is 0.219. The van der Waals surface area contributed by atoms with Crippen LogP contribution in [0.15, 0.2) is 22.7 Å². The third-order valence-electron chi connectivity index (χ3n) is 4.22. The molecule has 1 fully saturated rings. The maximum Gasteiger partial charge on any atom is 0.0415 e. The maximum atomic E-state index is 6.42. The van der Waals surface area contributed by atoms with Crippen LogP contribution in [-0.4, -0.2) is 13.1 Å². The quantitative estimate of drug-likeness (QED) is 0.792. The minimum Gasteiger partial charge on any atom is -0.371 e. The SMILES string of the molecule is CN1c2ccc(Br)cc2C(N)C2CCCC21. The van der Waals surface area contributed by atoms with Crippen molar-refractivity contribution in [2.45, 2.75) is 31.3 Å². The molecule has 16 heavy (non-hydrogen) atoms. The van der Waals surface area contributed by atoms with Gasteiger partial charge in [0, 0.05) is 29.3 Å². The molecule has 1 heterocycles. The molecule has 0 amide bonds. The predicted octanol–water partition coefficient (Wildman–Crippen LogP) is 3.07. The van der Waals surface area contributed by atoms with E-state index in [1.165, 1.54) is 30.5 Å². The van der Waals surface area contributed by atoms with Crippen molar-refractivity contribution in [3.8, 4) is 0 Å². The van der Waals surface area contributed by atoms with Crippen molar-refractivity contribution in [3.05, 3.63) is 28.2 Å². The summed E-state index contributed by atoms with van der Waals surface area (Å²) < 4.78 is 1.13. The first-order chi connectivity index (χ1) is 7.68. The summed E-state index contributed by atoms with van der Waals surface area (Å²) in [6, 6.07) is 7.36. The standard InChI is InChI=1S/C13H17BrN2/c1-16-11-4-2-3-9(11)13(15)10-7-8(14)5-6-12(10)16/h5-7,9,11,13H,2-4,15H2,1H3. The van der Waals surface area contributed by atoms with Crippen LogP contribution in [0, 0.1) is 5.92 Å². The summed E-state index contributed by atoms with van der Waals surface area (Å²) in [5.74, 6) is 0.645. The van der Waals surface area contributed by atoms with Gasteiger partial charge in [0.1, 0.15) is 0 Å². The van der Waals surface area contributed by atoms with E-state index in [2.05, 4.69) is 46.1 Å². The second-order valence-electron chi connectivity index (χ2n) is 5.00. The zero-order valence-electron chi connectivity index (χ0n) is 9.49. The number of hydrogen-bond acceptors (Lipinski definition) is 2. The lowest BCUT2D eigenvalue weighted by Crippen LogP contribution is -2.44. The fourth-order valence-corrected chi connectivity index (χ4v) is 3.77. The lowest BCUT2D eigenvalue weighted by Gasteiger charge is -2.41. The lowest BCUT2D eigenvalue weighted by atomic mass is 9.84. The Morgan fingerprint density at radius 2 is 2.19 bits per heavy atom. The van der Waals surface area contributed by atoms with Gasteiger partial charge in [0.15, 0.2) is 0 Å². The van der Waals surface area contributed by atoms with Crippen LogP contribution in [0.2, 0.25) is 0 Å². The van der Waals surface area contributed by atoms with Gasteiger partial charge in [-0.15, -0.1) is 0 Å². The molecule has 3 heteroatoms. The average molecular weight is 281 g/mol. The van der Waals surface area contributed by atoms with Gasteiger partial charge in [-0.2, -0.15) is 0 Å². The Bertz CT molecular complexity index is 418. The second kappa shape index (κ2) is 3.74. The number of nitrogens with zero attached hydrogens (tertiary/aromatic N) is 1. The Hall–Kier alpha value is -0.540. The summed E-state index contributed by atoms with van der Waals surface area (Å²) in [6.07, 6.45) is 3.90. The Labute approximate surface area is 105 Å². The van der Waals surface area contributed by atoms with E-state index >= 15 is 0 Å². The number of benzene rings is 1. The van der Waals surface area contributed by atoms with Crippen molar-refractivity contribution < 1.29 is 0 Å².